The smallest absolute Gasteiger partial charge is 0.320 e. The van der Waals surface area contributed by atoms with Crippen LogP contribution in [0.15, 0.2) is 18.2 Å². The number of hydrogen-bond donors (Lipinski definition) is 2. The summed E-state index contributed by atoms with van der Waals surface area (Å²) >= 11 is 0.404. The molecule has 2 rings (SSSR count). The third-order valence-corrected chi connectivity index (χ3v) is 4.88. The lowest BCUT2D eigenvalue weighted by molar-refractivity contribution is 0.0599. The zero-order chi connectivity index (χ0) is 15.1. The maximum Gasteiger partial charge on any atom is 0.400 e. The van der Waals surface area contributed by atoms with Gasteiger partial charge in [-0.25, -0.2) is 4.85 Å². The predicted molar refractivity (Wildman–Crippen MR) is 68.7 cm³/mol. The van der Waals surface area contributed by atoms with Crippen molar-refractivity contribution in [2.75, 3.05) is 0 Å². The van der Waals surface area contributed by atoms with E-state index >= 15 is 0 Å². The summed E-state index contributed by atoms with van der Waals surface area (Å²) in [4.78, 5) is 19.7. The van der Waals surface area contributed by atoms with Gasteiger partial charge in [0, 0.05) is 10.1 Å². The minimum absolute atomic E-state index is 0.146. The monoisotopic (exact) mass is 314 g/mol. The third-order valence-electron chi connectivity index (χ3n) is 2.55. The molecule has 5 nitrogen and oxygen atoms in total. The van der Waals surface area contributed by atoms with Gasteiger partial charge in [-0.2, -0.15) is 14.0 Å². The van der Waals surface area contributed by atoms with Crippen molar-refractivity contribution in [1.82, 2.24) is 0 Å². The van der Waals surface area contributed by atoms with Gasteiger partial charge in [0.1, 0.15) is 10.9 Å². The van der Waals surface area contributed by atoms with E-state index in [-0.39, 0.29) is 15.8 Å². The van der Waals surface area contributed by atoms with Crippen LogP contribution in [0.25, 0.3) is 14.9 Å². The van der Waals surface area contributed by atoms with Crippen molar-refractivity contribution in [3.05, 3.63) is 40.1 Å². The number of nitriles is 1. The molecule has 2 aromatic rings. The third kappa shape index (κ3) is 2.09. The highest BCUT2D eigenvalue weighted by molar-refractivity contribution is 7.53. The van der Waals surface area contributed by atoms with Crippen molar-refractivity contribution in [1.29, 1.82) is 5.26 Å². The maximum absolute atomic E-state index is 13.8. The number of thiophene rings is 1. The summed E-state index contributed by atoms with van der Waals surface area (Å²) in [6.45, 7) is 6.84. The second-order valence-electron chi connectivity index (χ2n) is 3.80. The Morgan fingerprint density at radius 3 is 2.60 bits per heavy atom. The normalized spacial score (nSPS) is 12.1. The molecule has 0 saturated heterocycles. The predicted octanol–water partition coefficient (Wildman–Crippen LogP) is 3.55. The minimum atomic E-state index is -5.74. The molecule has 0 atom stereocenters. The molecule has 0 spiro atoms. The Morgan fingerprint density at radius 1 is 1.45 bits per heavy atom. The standard InChI is InChI=1S/C11H5F2N2O3PS/c1-15-6-2-3-7-8(5-14)10(20-9(7)4-6)11(12,13)19(16,17)18/h2-4H,(H2,16,17,18). The van der Waals surface area contributed by atoms with Gasteiger partial charge in [-0.05, 0) is 6.07 Å². The molecule has 0 saturated carbocycles. The first-order valence-electron chi connectivity index (χ1n) is 5.00. The van der Waals surface area contributed by atoms with E-state index in [1.54, 1.807) is 6.07 Å². The minimum Gasteiger partial charge on any atom is -0.320 e. The molecule has 0 aliphatic carbocycles. The average Bonchev–Trinajstić information content (AvgIpc) is 2.75. The van der Waals surface area contributed by atoms with Gasteiger partial charge in [-0.3, -0.25) is 4.57 Å². The van der Waals surface area contributed by atoms with E-state index in [1.165, 1.54) is 18.2 Å². The van der Waals surface area contributed by atoms with E-state index in [4.69, 9.17) is 21.6 Å². The van der Waals surface area contributed by atoms with Gasteiger partial charge in [0.25, 0.3) is 0 Å². The topological polar surface area (TPSA) is 85.7 Å². The highest BCUT2D eigenvalue weighted by Crippen LogP contribution is 2.62. The Bertz CT molecular complexity index is 829. The van der Waals surface area contributed by atoms with Crippen molar-refractivity contribution < 1.29 is 23.1 Å². The molecule has 0 fully saturated rings. The first-order chi connectivity index (χ1) is 9.22. The van der Waals surface area contributed by atoms with Crippen LogP contribution in [-0.4, -0.2) is 9.79 Å². The van der Waals surface area contributed by atoms with Crippen LogP contribution in [0.5, 0.6) is 0 Å². The van der Waals surface area contributed by atoms with E-state index in [1.807, 2.05) is 0 Å². The average molecular weight is 314 g/mol. The lowest BCUT2D eigenvalue weighted by atomic mass is 10.1. The van der Waals surface area contributed by atoms with Gasteiger partial charge in [0.15, 0.2) is 5.69 Å². The Balaban J connectivity index is 2.83. The number of alkyl halides is 2. The molecule has 1 aromatic carbocycles. The summed E-state index contributed by atoms with van der Waals surface area (Å²) in [6.07, 6.45) is 0. The molecule has 102 valence electrons. The fourth-order valence-electron chi connectivity index (χ4n) is 1.61. The lowest BCUT2D eigenvalue weighted by Gasteiger charge is -2.16. The number of fused-ring (bicyclic) bond motifs is 1. The van der Waals surface area contributed by atoms with Gasteiger partial charge in [0.05, 0.1) is 12.1 Å². The van der Waals surface area contributed by atoms with Crippen LogP contribution in [0.2, 0.25) is 0 Å². The summed E-state index contributed by atoms with van der Waals surface area (Å²) in [5, 5.41) is 9.12. The zero-order valence-corrected chi connectivity index (χ0v) is 11.3. The number of rotatable bonds is 2. The van der Waals surface area contributed by atoms with E-state index in [0.29, 0.717) is 11.3 Å². The Labute approximate surface area is 115 Å². The van der Waals surface area contributed by atoms with Gasteiger partial charge >= 0.3 is 13.3 Å². The van der Waals surface area contributed by atoms with Gasteiger partial charge in [-0.1, -0.05) is 12.1 Å². The second-order valence-corrected chi connectivity index (χ2v) is 6.50. The summed E-state index contributed by atoms with van der Waals surface area (Å²) in [6, 6.07) is 5.51. The highest BCUT2D eigenvalue weighted by atomic mass is 32.1. The second kappa shape index (κ2) is 4.62. The van der Waals surface area contributed by atoms with Crippen LogP contribution in [-0.2, 0) is 10.2 Å². The SMILES string of the molecule is [C-]#[N+]c1ccc2c(C#N)c(C(F)(F)P(=O)(O)O)sc2c1. The molecule has 20 heavy (non-hydrogen) atoms. The number of hydrogen-bond acceptors (Lipinski definition) is 3. The van der Waals surface area contributed by atoms with E-state index in [2.05, 4.69) is 4.85 Å². The van der Waals surface area contributed by atoms with E-state index in [0.717, 1.165) is 0 Å². The Morgan fingerprint density at radius 2 is 2.10 bits per heavy atom. The molecule has 9 heteroatoms. The van der Waals surface area contributed by atoms with E-state index < -0.39 is 23.7 Å². The summed E-state index contributed by atoms with van der Waals surface area (Å²) in [5.41, 5.74) is -4.72. The zero-order valence-electron chi connectivity index (χ0n) is 9.54. The van der Waals surface area contributed by atoms with Crippen LogP contribution in [0.1, 0.15) is 10.4 Å². The van der Waals surface area contributed by atoms with Crippen LogP contribution in [0.3, 0.4) is 0 Å². The van der Waals surface area contributed by atoms with Crippen molar-refractivity contribution >= 4 is 34.7 Å². The number of nitrogens with zero attached hydrogens (tertiary/aromatic N) is 2. The fraction of sp³-hybridized carbons (Fsp3) is 0.0909. The van der Waals surface area contributed by atoms with Crippen molar-refractivity contribution in [3.8, 4) is 6.07 Å². The quantitative estimate of drug-likeness (QED) is 0.655. The molecule has 0 radical (unpaired) electrons. The van der Waals surface area contributed by atoms with Crippen molar-refractivity contribution in [2.24, 2.45) is 0 Å². The number of halogens is 2. The molecule has 1 aromatic heterocycles. The molecule has 0 aliphatic heterocycles. The first kappa shape index (κ1) is 14.6. The molecular formula is C11H5F2N2O3PS. The molecule has 0 unspecified atom stereocenters. The summed E-state index contributed by atoms with van der Waals surface area (Å²) in [5.74, 6) is 0. The van der Waals surface area contributed by atoms with Crippen LogP contribution in [0.4, 0.5) is 14.5 Å². The Kier molecular flexibility index (Phi) is 3.37. The number of benzene rings is 1. The lowest BCUT2D eigenvalue weighted by Crippen LogP contribution is -2.13. The molecule has 0 amide bonds. The Hall–Kier alpha value is -1.83. The van der Waals surface area contributed by atoms with Crippen molar-refractivity contribution in [3.63, 3.8) is 0 Å². The molecule has 2 N–H and O–H groups in total. The summed E-state index contributed by atoms with van der Waals surface area (Å²) < 4.78 is 38.7. The molecule has 0 aliphatic rings. The van der Waals surface area contributed by atoms with Gasteiger partial charge in [0.2, 0.25) is 0 Å². The van der Waals surface area contributed by atoms with Crippen LogP contribution >= 0.6 is 18.9 Å². The van der Waals surface area contributed by atoms with E-state index in [9.17, 15) is 13.3 Å². The molecular weight excluding hydrogens is 309 g/mol. The maximum atomic E-state index is 13.8. The van der Waals surface area contributed by atoms with Gasteiger partial charge in [-0.15, -0.1) is 11.3 Å². The van der Waals surface area contributed by atoms with Gasteiger partial charge < -0.3 is 9.79 Å². The largest absolute Gasteiger partial charge is 0.400 e. The summed E-state index contributed by atoms with van der Waals surface area (Å²) in [7, 11) is -5.74. The fourth-order valence-corrected chi connectivity index (χ4v) is 3.54. The molecule has 0 bridgehead atoms. The van der Waals surface area contributed by atoms with Crippen LogP contribution in [0, 0.1) is 17.9 Å². The molecule has 1 heterocycles. The van der Waals surface area contributed by atoms with Crippen molar-refractivity contribution in [2.45, 2.75) is 5.66 Å². The first-order valence-corrected chi connectivity index (χ1v) is 7.43. The van der Waals surface area contributed by atoms with Crippen LogP contribution < -0.4 is 0 Å². The highest BCUT2D eigenvalue weighted by Gasteiger charge is 2.53.